The van der Waals surface area contributed by atoms with Gasteiger partial charge in [-0.2, -0.15) is 0 Å². The van der Waals surface area contributed by atoms with Crippen molar-refractivity contribution < 1.29 is 27.3 Å². The fraction of sp³-hybridized carbons (Fsp3) is 0.905. The zero-order valence-corrected chi connectivity index (χ0v) is 26.7. The van der Waals surface area contributed by atoms with Gasteiger partial charge in [-0.3, -0.25) is 9.59 Å². The number of hydrogen-bond donors (Lipinski definition) is 0. The van der Waals surface area contributed by atoms with Crippen LogP contribution in [0.5, 0.6) is 0 Å². The second kappa shape index (κ2) is 13.0. The van der Waals surface area contributed by atoms with Crippen molar-refractivity contribution in [3.05, 3.63) is 0 Å². The second-order valence-electron chi connectivity index (χ2n) is 11.3. The number of rotatable bonds is 15. The molecular weight excluding hydrogens is 475 g/mol. The van der Waals surface area contributed by atoms with E-state index in [2.05, 4.69) is 30.8 Å². The lowest BCUT2D eigenvalue weighted by molar-refractivity contribution is -0.146. The van der Waals surface area contributed by atoms with Crippen LogP contribution in [0.15, 0.2) is 0 Å². The Balaban J connectivity index is 5.72. The van der Waals surface area contributed by atoms with Gasteiger partial charge in [-0.25, -0.2) is 0 Å². The molecule has 0 spiro atoms. The molecule has 0 amide bonds. The fourth-order valence-electron chi connectivity index (χ4n) is 3.56. The summed E-state index contributed by atoms with van der Waals surface area (Å²) in [4.78, 5) is 26.0. The molecule has 0 fully saturated rings. The van der Waals surface area contributed by atoms with E-state index in [0.717, 1.165) is 12.5 Å². The van der Waals surface area contributed by atoms with E-state index in [1.807, 2.05) is 53.1 Å². The van der Waals surface area contributed by atoms with Gasteiger partial charge < -0.3 is 22.3 Å². The highest BCUT2D eigenvalue weighted by Crippen LogP contribution is 2.24. The van der Waals surface area contributed by atoms with Crippen molar-refractivity contribution in [2.24, 2.45) is 0 Å². The number of carbonyl (C=O) groups excluding carboxylic acids is 2. The summed E-state index contributed by atoms with van der Waals surface area (Å²) in [7, 11) is -8.36. The highest BCUT2D eigenvalue weighted by atomic mass is 28.4. The Labute approximate surface area is 201 Å². The summed E-state index contributed by atoms with van der Waals surface area (Å²) in [6.45, 7) is 26.5. The minimum atomic E-state index is -2.25. The highest BCUT2D eigenvalue weighted by molar-refractivity contribution is 6.74. The van der Waals surface area contributed by atoms with Crippen molar-refractivity contribution in [1.82, 2.24) is 4.57 Å². The van der Waals surface area contributed by atoms with E-state index in [9.17, 15) is 9.59 Å². The van der Waals surface area contributed by atoms with Gasteiger partial charge in [-0.15, -0.1) is 0 Å². The summed E-state index contributed by atoms with van der Waals surface area (Å²) in [6, 6.07) is 0.217. The minimum absolute atomic E-state index is 0.0312. The first-order valence-corrected chi connectivity index (χ1v) is 24.6. The number of hydrogen-bond acceptors (Lipinski definition) is 7. The minimum Gasteiger partial charge on any atom is -0.520 e. The van der Waals surface area contributed by atoms with Crippen molar-refractivity contribution in [3.63, 3.8) is 0 Å². The zero-order chi connectivity index (χ0) is 25.4. The van der Waals surface area contributed by atoms with Gasteiger partial charge in [0.2, 0.25) is 16.6 Å². The predicted molar refractivity (Wildman–Crippen MR) is 142 cm³/mol. The molecule has 0 aliphatic heterocycles. The van der Waals surface area contributed by atoms with Crippen LogP contribution in [0.3, 0.4) is 0 Å². The van der Waals surface area contributed by atoms with Crippen LogP contribution in [-0.4, -0.2) is 75.7 Å². The molecule has 0 rings (SSSR count). The maximum Gasteiger partial charge on any atom is 0.334 e. The number of nitrogens with zero attached hydrogens (tertiary/aromatic N) is 1. The lowest BCUT2D eigenvalue weighted by Gasteiger charge is -2.40. The van der Waals surface area contributed by atoms with Gasteiger partial charge in [-0.1, -0.05) is 19.6 Å². The van der Waals surface area contributed by atoms with Gasteiger partial charge in [0, 0.05) is 13.2 Å². The molecule has 0 aliphatic rings. The van der Waals surface area contributed by atoms with Gasteiger partial charge in [0.15, 0.2) is 0 Å². The van der Waals surface area contributed by atoms with Crippen LogP contribution in [0.25, 0.3) is 0 Å². The number of carbonyl (C=O) groups is 2. The first-order chi connectivity index (χ1) is 14.3. The van der Waals surface area contributed by atoms with Gasteiger partial charge in [-0.05, 0) is 78.7 Å². The second-order valence-corrected chi connectivity index (χ2v) is 28.4. The molecule has 0 aliphatic carbocycles. The predicted octanol–water partition coefficient (Wildman–Crippen LogP) is 5.17. The molecule has 0 radical (unpaired) electrons. The van der Waals surface area contributed by atoms with Crippen molar-refractivity contribution >= 4 is 45.4 Å². The Morgan fingerprint density at radius 3 is 1.62 bits per heavy atom. The molecule has 190 valence electrons. The Morgan fingerprint density at radius 1 is 0.781 bits per heavy atom. The topological polar surface area (TPSA) is 74.3 Å². The molecule has 0 aromatic rings. The summed E-state index contributed by atoms with van der Waals surface area (Å²) in [5.74, 6) is -0.610. The molecule has 11 heteroatoms. The van der Waals surface area contributed by atoms with E-state index in [1.54, 1.807) is 0 Å². The van der Waals surface area contributed by atoms with Crippen LogP contribution in [0.2, 0.25) is 71.5 Å². The van der Waals surface area contributed by atoms with Crippen LogP contribution in [0, 0.1) is 0 Å². The molecule has 0 heterocycles. The SMILES string of the molecule is CCO[Si](C)(CCCN(C(CC(=O)O[Si](C)(C)C)C(=O)O[Si](C)(C)C)[Si](C)(C)C)OCC. The van der Waals surface area contributed by atoms with Crippen LogP contribution in [0.4, 0.5) is 0 Å². The van der Waals surface area contributed by atoms with E-state index in [0.29, 0.717) is 19.8 Å². The fourth-order valence-corrected chi connectivity index (χ4v) is 9.42. The molecule has 1 unspecified atom stereocenters. The largest absolute Gasteiger partial charge is 0.520 e. The highest BCUT2D eigenvalue weighted by Gasteiger charge is 2.40. The molecular formula is C21H49NO6Si4. The first-order valence-electron chi connectivity index (χ1n) is 11.8. The lowest BCUT2D eigenvalue weighted by Crippen LogP contribution is -2.57. The molecule has 0 N–H and O–H groups in total. The summed E-state index contributed by atoms with van der Waals surface area (Å²) in [6.07, 6.45) is 0.871. The summed E-state index contributed by atoms with van der Waals surface area (Å²) in [5.41, 5.74) is 0. The molecule has 7 nitrogen and oxygen atoms in total. The van der Waals surface area contributed by atoms with Gasteiger partial charge in [0.05, 0.1) is 6.42 Å². The molecule has 32 heavy (non-hydrogen) atoms. The summed E-state index contributed by atoms with van der Waals surface area (Å²) < 4.78 is 25.8. The van der Waals surface area contributed by atoms with Crippen molar-refractivity contribution in [2.45, 2.75) is 104 Å². The standard InChI is InChI=1S/C21H49NO6Si4/c1-13-25-32(12,26-14-2)17-15-16-22(29(3,4)5)19(21(24)28-31(9,10)11)18-20(23)27-30(6,7)8/h19H,13-18H2,1-12H3. The maximum atomic E-state index is 13.3. The van der Waals surface area contributed by atoms with E-state index < -0.39 is 39.5 Å². The molecule has 0 bridgehead atoms. The quantitative estimate of drug-likeness (QED) is 0.274. The Morgan fingerprint density at radius 2 is 1.25 bits per heavy atom. The molecule has 1 atom stereocenters. The summed E-state index contributed by atoms with van der Waals surface area (Å²) >= 11 is 0. The van der Waals surface area contributed by atoms with E-state index in [4.69, 9.17) is 17.7 Å². The molecule has 0 aromatic heterocycles. The maximum absolute atomic E-state index is 13.3. The molecule has 0 saturated carbocycles. The van der Waals surface area contributed by atoms with Gasteiger partial charge >= 0.3 is 14.5 Å². The lowest BCUT2D eigenvalue weighted by atomic mass is 10.2. The van der Waals surface area contributed by atoms with Crippen LogP contribution in [0.1, 0.15) is 26.7 Å². The Bertz CT molecular complexity index is 593. The monoisotopic (exact) mass is 523 g/mol. The van der Waals surface area contributed by atoms with Crippen LogP contribution < -0.4 is 0 Å². The van der Waals surface area contributed by atoms with Crippen LogP contribution in [-0.2, 0) is 27.3 Å². The van der Waals surface area contributed by atoms with Gasteiger partial charge in [0.25, 0.3) is 5.97 Å². The third-order valence-corrected chi connectivity index (χ3v) is 11.6. The molecule has 0 saturated heterocycles. The third kappa shape index (κ3) is 13.4. The summed E-state index contributed by atoms with van der Waals surface area (Å²) in [5, 5.41) is 0. The van der Waals surface area contributed by atoms with E-state index in [-0.39, 0.29) is 18.4 Å². The average Bonchev–Trinajstić information content (AvgIpc) is 2.53. The van der Waals surface area contributed by atoms with Crippen molar-refractivity contribution in [1.29, 1.82) is 0 Å². The normalized spacial score (nSPS) is 14.4. The smallest absolute Gasteiger partial charge is 0.334 e. The van der Waals surface area contributed by atoms with Crippen LogP contribution >= 0.6 is 0 Å². The Kier molecular flexibility index (Phi) is 12.8. The van der Waals surface area contributed by atoms with Crippen molar-refractivity contribution in [2.75, 3.05) is 19.8 Å². The van der Waals surface area contributed by atoms with E-state index in [1.165, 1.54) is 0 Å². The molecule has 0 aromatic carbocycles. The third-order valence-electron chi connectivity index (χ3n) is 4.63. The average molecular weight is 524 g/mol. The van der Waals surface area contributed by atoms with E-state index >= 15 is 0 Å². The Hall–Kier alpha value is -0.312. The zero-order valence-electron chi connectivity index (χ0n) is 22.7. The van der Waals surface area contributed by atoms with Crippen molar-refractivity contribution in [3.8, 4) is 0 Å². The first kappa shape index (κ1) is 31.7. The van der Waals surface area contributed by atoms with Gasteiger partial charge in [0.1, 0.15) is 14.3 Å².